The van der Waals surface area contributed by atoms with Crippen molar-refractivity contribution in [3.63, 3.8) is 0 Å². The van der Waals surface area contributed by atoms with Crippen molar-refractivity contribution in [2.24, 2.45) is 25.4 Å². The number of allylic oxidation sites excluding steroid dienone is 10. The zero-order chi connectivity index (χ0) is 89.8. The van der Waals surface area contributed by atoms with Crippen LogP contribution >= 0.6 is 11.6 Å². The zero-order valence-electron chi connectivity index (χ0n) is 69.4. The Balaban J connectivity index is 0.000000259. The molecule has 9 atom stereocenters. The molecule has 29 heteroatoms. The van der Waals surface area contributed by atoms with E-state index in [4.69, 9.17) is 46.6 Å². The number of benzene rings is 4. The van der Waals surface area contributed by atoms with Crippen LogP contribution in [-0.4, -0.2) is 152 Å². The molecule has 0 fully saturated rings. The van der Waals surface area contributed by atoms with Gasteiger partial charge in [0.1, 0.15) is 18.3 Å². The normalized spacial score (nSPS) is 18.7. The third-order valence-corrected chi connectivity index (χ3v) is 18.9. The van der Waals surface area contributed by atoms with Gasteiger partial charge in [-0.2, -0.15) is 0 Å². The average molecular weight is 1690 g/mol. The Bertz CT molecular complexity index is 4970. The number of carbonyl (C=O) groups excluding carboxylic acids is 3. The number of aliphatic carboxylic acids is 2. The summed E-state index contributed by atoms with van der Waals surface area (Å²) in [4.78, 5) is 114. The molecule has 0 saturated carbocycles. The fourth-order valence-electron chi connectivity index (χ4n) is 11.9. The third kappa shape index (κ3) is 39.2. The number of hydrogen-bond donors (Lipinski definition) is 5. The molecule has 4 aromatic rings. The Morgan fingerprint density at radius 3 is 1.07 bits per heavy atom. The highest BCUT2D eigenvalue weighted by atomic mass is 35.5. The lowest BCUT2D eigenvalue weighted by Gasteiger charge is -2.14. The topological polar surface area (TPSA) is 427 Å². The SMILES string of the molecule is C#C[C@@H](C)O.CC(C)(C)C(=O)Cl.C[C@@H](O)/C=C\C1=Nc2ccccc2C1.C[C@@H](O)C#CC1=Nc2ccccc2C1.C[C@H](/C=C\C1=Nc2ccccc2C1)OC(=O)/C=C/C1=CCCC([N+](=O)[O-])C1.C[C@H](C#CC1=Nc2ccccc2C1)OC(=O)/C=C/C1=CCCC([N+](=O)[O-])C1.O=C(O)/C=C/C1=CCCC([N+](=O)[O-])C1.O=C(O)/C=C/C1=CCCC([N+](=O)[O-])C1. The summed E-state index contributed by atoms with van der Waals surface area (Å²) in [5.41, 5.74) is 15.0. The molecule has 8 aliphatic rings. The molecule has 4 unspecified atom stereocenters. The summed E-state index contributed by atoms with van der Waals surface area (Å²) in [5, 5.41) is 85.4. The van der Waals surface area contributed by atoms with Crippen molar-refractivity contribution >= 4 is 86.3 Å². The zero-order valence-corrected chi connectivity index (χ0v) is 70.1. The minimum atomic E-state index is -1.03. The number of aliphatic imine (C=N–C) groups is 4. The van der Waals surface area contributed by atoms with Gasteiger partial charge >= 0.3 is 23.9 Å². The molecule has 4 aliphatic carbocycles. The van der Waals surface area contributed by atoms with Crippen molar-refractivity contribution in [1.29, 1.82) is 0 Å². The molecule has 0 radical (unpaired) electrons. The molecule has 28 nitrogen and oxygen atoms in total. The second kappa shape index (κ2) is 52.1. The number of nitrogens with zero attached hydrogens (tertiary/aromatic N) is 8. The van der Waals surface area contributed by atoms with Gasteiger partial charge in [-0.25, -0.2) is 29.2 Å². The van der Waals surface area contributed by atoms with E-state index in [1.807, 2.05) is 115 Å². The first-order valence-electron chi connectivity index (χ1n) is 39.5. The fraction of sp³-hybridized carbons (Fsp3) is 0.366. The Kier molecular flexibility index (Phi) is 42.5. The van der Waals surface area contributed by atoms with E-state index in [9.17, 15) is 64.4 Å². The van der Waals surface area contributed by atoms with Crippen LogP contribution < -0.4 is 0 Å². The summed E-state index contributed by atoms with van der Waals surface area (Å²) in [5.74, 6) is 10.5. The first-order valence-corrected chi connectivity index (χ1v) is 39.9. The van der Waals surface area contributed by atoms with Crippen LogP contribution in [0.5, 0.6) is 0 Å². The van der Waals surface area contributed by atoms with E-state index in [0.29, 0.717) is 83.5 Å². The summed E-state index contributed by atoms with van der Waals surface area (Å²) >= 11 is 5.11. The average Bonchev–Trinajstić information content (AvgIpc) is 1.71. The number of carboxylic acids is 2. The van der Waals surface area contributed by atoms with Crippen LogP contribution in [0.15, 0.2) is 237 Å². The van der Waals surface area contributed by atoms with Crippen LogP contribution in [0.2, 0.25) is 0 Å². The van der Waals surface area contributed by atoms with Crippen molar-refractivity contribution in [1.82, 2.24) is 0 Å². The number of carboxylic acid groups (broad SMARTS) is 2. The van der Waals surface area contributed by atoms with Gasteiger partial charge in [-0.3, -0.25) is 55.2 Å². The van der Waals surface area contributed by atoms with Gasteiger partial charge in [-0.15, -0.1) is 6.42 Å². The van der Waals surface area contributed by atoms with E-state index < -0.39 is 72.5 Å². The van der Waals surface area contributed by atoms with E-state index in [2.05, 4.69) is 74.2 Å². The summed E-state index contributed by atoms with van der Waals surface area (Å²) < 4.78 is 10.6. The highest BCUT2D eigenvalue weighted by Crippen LogP contribution is 2.31. The molecule has 4 heterocycles. The number of nitro groups is 4. The van der Waals surface area contributed by atoms with E-state index >= 15 is 0 Å². The lowest BCUT2D eigenvalue weighted by Crippen LogP contribution is -2.22. The lowest BCUT2D eigenvalue weighted by atomic mass is 9.95. The number of rotatable bonds is 18. The van der Waals surface area contributed by atoms with Gasteiger partial charge in [0.25, 0.3) is 0 Å². The number of aliphatic hydroxyl groups excluding tert-OH is 3. The Hall–Kier alpha value is -13.0. The molecule has 122 heavy (non-hydrogen) atoms. The fourth-order valence-corrected chi connectivity index (χ4v) is 11.9. The Labute approximate surface area is 714 Å². The lowest BCUT2D eigenvalue weighted by molar-refractivity contribution is -0.523. The van der Waals surface area contributed by atoms with E-state index in [-0.39, 0.29) is 36.5 Å². The van der Waals surface area contributed by atoms with Gasteiger partial charge in [0.05, 0.1) is 40.3 Å². The standard InChI is InChI=1S/C21H22N2O4.C21H20N2O4.C12H13NO.C12H11NO.2C9H11NO4.C5H9ClO.C4H6O/c2*1-15(9-11-18-14-17-6-2-3-8-20(17)22-18)27-21(24)12-10-16-5-4-7-19(13-16)23(25)26;2*1-9(14)6-7-11-8-10-4-2-3-5-12(10)13-11;2*11-9(12)5-4-7-2-1-3-8(6-7)10(13)14;1-5(2,3)4(6)7;1-3-4(2)5/h2-3,5-6,8-12,15,19H,4,7,13-14H2,1H3;2-3,5-6,8,10,12,15,19H,4,7,13-14H2,1H3;2-7,9,14H,8H2,1H3;2-5,9,14H,8H2,1H3;2*2,4-5,8H,1,3,6H2,(H,11,12);1-3H3;1,4-5H,2H3/b11-9-,12-10+;12-10+;7-6-;;2*5-4+;;/t2*15-,19?;2*9-;;;;4-/m1111...1/s1. The Morgan fingerprint density at radius 2 is 0.770 bits per heavy atom. The van der Waals surface area contributed by atoms with Crippen molar-refractivity contribution in [3.05, 3.63) is 279 Å². The smallest absolute Gasteiger partial charge is 0.331 e. The van der Waals surface area contributed by atoms with Crippen LogP contribution in [0.4, 0.5) is 22.7 Å². The number of fused-ring (bicyclic) bond motifs is 4. The minimum Gasteiger partial charge on any atom is -0.478 e. The number of aliphatic hydroxyl groups is 3. The van der Waals surface area contributed by atoms with Crippen molar-refractivity contribution in [3.8, 4) is 36.0 Å². The van der Waals surface area contributed by atoms with Gasteiger partial charge in [0, 0.05) is 138 Å². The molecule has 642 valence electrons. The number of terminal acetylenes is 1. The molecule has 0 amide bonds. The van der Waals surface area contributed by atoms with Gasteiger partial charge in [-0.05, 0) is 171 Å². The molecule has 4 aromatic carbocycles. The van der Waals surface area contributed by atoms with Crippen LogP contribution in [0, 0.1) is 81.9 Å². The Morgan fingerprint density at radius 1 is 0.467 bits per heavy atom. The first kappa shape index (κ1) is 99.5. The van der Waals surface area contributed by atoms with Gasteiger partial charge in [0.2, 0.25) is 29.4 Å². The van der Waals surface area contributed by atoms with Gasteiger partial charge in [0.15, 0.2) is 6.10 Å². The monoisotopic (exact) mass is 1690 g/mol. The van der Waals surface area contributed by atoms with E-state index in [1.165, 1.54) is 41.0 Å². The molecule has 4 aliphatic heterocycles. The van der Waals surface area contributed by atoms with Gasteiger partial charge in [-0.1, -0.05) is 166 Å². The second-order valence-corrected chi connectivity index (χ2v) is 30.2. The molecular formula is C93H103ClN8O20. The summed E-state index contributed by atoms with van der Waals surface area (Å²) in [6, 6.07) is 29.7. The molecule has 5 N–H and O–H groups in total. The molecule has 0 saturated heterocycles. The maximum absolute atomic E-state index is 12.0. The summed E-state index contributed by atoms with van der Waals surface area (Å²) in [7, 11) is 0. The number of esters is 2. The molecule has 0 aromatic heterocycles. The maximum Gasteiger partial charge on any atom is 0.331 e. The molecule has 0 spiro atoms. The van der Waals surface area contributed by atoms with Crippen LogP contribution in [0.3, 0.4) is 0 Å². The summed E-state index contributed by atoms with van der Waals surface area (Å²) in [6.07, 6.45) is 37.0. The highest BCUT2D eigenvalue weighted by Gasteiger charge is 2.28. The number of ether oxygens (including phenoxy) is 2. The quantitative estimate of drug-likeness (QED) is 0.0154. The first-order chi connectivity index (χ1) is 57.9. The van der Waals surface area contributed by atoms with E-state index in [0.717, 1.165) is 105 Å². The number of hydrogen-bond acceptors (Lipinski definition) is 22. The molecule has 12 rings (SSSR count). The van der Waals surface area contributed by atoms with Crippen LogP contribution in [0.1, 0.15) is 155 Å². The number of para-hydroxylation sites is 4. The predicted molar refractivity (Wildman–Crippen MR) is 471 cm³/mol. The number of halogens is 1. The predicted octanol–water partition coefficient (Wildman–Crippen LogP) is 16.2. The van der Waals surface area contributed by atoms with Crippen LogP contribution in [0.25, 0.3) is 0 Å². The largest absolute Gasteiger partial charge is 0.478 e. The maximum atomic E-state index is 12.0. The van der Waals surface area contributed by atoms with E-state index in [1.54, 1.807) is 79.7 Å². The van der Waals surface area contributed by atoms with Crippen molar-refractivity contribution in [2.45, 2.75) is 213 Å². The second-order valence-electron chi connectivity index (χ2n) is 29.8. The third-order valence-electron chi connectivity index (χ3n) is 18.3. The van der Waals surface area contributed by atoms with Gasteiger partial charge < -0.3 is 35.0 Å². The molecular weight excluding hydrogens is 1580 g/mol. The highest BCUT2D eigenvalue weighted by molar-refractivity contribution is 6.64. The summed E-state index contributed by atoms with van der Waals surface area (Å²) in [6.45, 7) is 13.7. The van der Waals surface area contributed by atoms with Crippen molar-refractivity contribution in [2.75, 3.05) is 0 Å². The minimum absolute atomic E-state index is 0.254. The van der Waals surface area contributed by atoms with Crippen LogP contribution in [-0.2, 0) is 59.1 Å². The van der Waals surface area contributed by atoms with Crippen molar-refractivity contribution < 1.29 is 78.7 Å². The number of carbonyl (C=O) groups is 5. The molecule has 0 bridgehead atoms.